The molecule has 3 amide bonds. The Bertz CT molecular complexity index is 1230. The number of hydrogen-bond donors (Lipinski definition) is 1. The van der Waals surface area contributed by atoms with Gasteiger partial charge in [0.2, 0.25) is 11.8 Å². The molecule has 0 aliphatic carbocycles. The summed E-state index contributed by atoms with van der Waals surface area (Å²) in [5.74, 6) is -0.541. The molecular formula is C26H33N3O6S. The van der Waals surface area contributed by atoms with Gasteiger partial charge in [-0.05, 0) is 56.5 Å². The molecule has 1 aliphatic rings. The molecule has 10 heteroatoms. The molecule has 0 spiro atoms. The lowest BCUT2D eigenvalue weighted by Crippen LogP contribution is -2.49. The van der Waals surface area contributed by atoms with Gasteiger partial charge >= 0.3 is 0 Å². The van der Waals surface area contributed by atoms with Crippen molar-refractivity contribution >= 4 is 27.7 Å². The van der Waals surface area contributed by atoms with Crippen LogP contribution in [0.2, 0.25) is 0 Å². The predicted octanol–water partition coefficient (Wildman–Crippen LogP) is 2.95. The van der Waals surface area contributed by atoms with Crippen LogP contribution in [0.5, 0.6) is 5.75 Å². The van der Waals surface area contributed by atoms with Crippen molar-refractivity contribution in [1.29, 1.82) is 0 Å². The van der Waals surface area contributed by atoms with E-state index in [1.165, 1.54) is 17.0 Å². The van der Waals surface area contributed by atoms with Crippen molar-refractivity contribution in [2.24, 2.45) is 0 Å². The van der Waals surface area contributed by atoms with Crippen molar-refractivity contribution in [2.45, 2.75) is 63.6 Å². The SMILES string of the molecule is CC[C@@H](C)NC(=O)[C@@H](C)N(Cc1cccc(OC)c1)C(=O)CCCN1C(=O)c2ccccc2S1(=O)=O. The summed E-state index contributed by atoms with van der Waals surface area (Å²) in [5, 5.41) is 2.91. The Balaban J connectivity index is 1.73. The summed E-state index contributed by atoms with van der Waals surface area (Å²) < 4.78 is 31.6. The minimum Gasteiger partial charge on any atom is -0.497 e. The first-order chi connectivity index (χ1) is 17.1. The fraction of sp³-hybridized carbons (Fsp3) is 0.423. The average molecular weight is 516 g/mol. The van der Waals surface area contributed by atoms with Crippen LogP contribution in [0.15, 0.2) is 53.4 Å². The van der Waals surface area contributed by atoms with Crippen molar-refractivity contribution in [3.05, 3.63) is 59.7 Å². The molecular weight excluding hydrogens is 482 g/mol. The van der Waals surface area contributed by atoms with Crippen LogP contribution < -0.4 is 10.1 Å². The van der Waals surface area contributed by atoms with E-state index < -0.39 is 22.0 Å². The highest BCUT2D eigenvalue weighted by molar-refractivity contribution is 7.90. The van der Waals surface area contributed by atoms with E-state index in [-0.39, 0.29) is 54.2 Å². The Morgan fingerprint density at radius 2 is 1.83 bits per heavy atom. The van der Waals surface area contributed by atoms with Crippen LogP contribution in [0.1, 0.15) is 56.0 Å². The molecule has 2 atom stereocenters. The number of methoxy groups -OCH3 is 1. The van der Waals surface area contributed by atoms with Gasteiger partial charge in [-0.25, -0.2) is 12.7 Å². The first-order valence-electron chi connectivity index (χ1n) is 12.0. The monoisotopic (exact) mass is 515 g/mol. The van der Waals surface area contributed by atoms with E-state index in [2.05, 4.69) is 5.32 Å². The molecule has 3 rings (SSSR count). The maximum atomic E-state index is 13.3. The van der Waals surface area contributed by atoms with Crippen LogP contribution in [0.4, 0.5) is 0 Å². The van der Waals surface area contributed by atoms with E-state index in [4.69, 9.17) is 4.74 Å². The lowest BCUT2D eigenvalue weighted by Gasteiger charge is -2.30. The van der Waals surface area contributed by atoms with Gasteiger partial charge in [0.1, 0.15) is 16.7 Å². The van der Waals surface area contributed by atoms with Crippen molar-refractivity contribution in [2.75, 3.05) is 13.7 Å². The van der Waals surface area contributed by atoms with Crippen molar-refractivity contribution in [3.63, 3.8) is 0 Å². The Morgan fingerprint density at radius 3 is 2.50 bits per heavy atom. The molecule has 36 heavy (non-hydrogen) atoms. The highest BCUT2D eigenvalue weighted by Crippen LogP contribution is 2.30. The zero-order valence-corrected chi connectivity index (χ0v) is 21.9. The summed E-state index contributed by atoms with van der Waals surface area (Å²) in [6.45, 7) is 5.57. The van der Waals surface area contributed by atoms with Gasteiger partial charge in [-0.15, -0.1) is 0 Å². The van der Waals surface area contributed by atoms with E-state index in [9.17, 15) is 22.8 Å². The second kappa shape index (κ2) is 11.6. The molecule has 1 N–H and O–H groups in total. The topological polar surface area (TPSA) is 113 Å². The van der Waals surface area contributed by atoms with Crippen LogP contribution in [0.25, 0.3) is 0 Å². The summed E-state index contributed by atoms with van der Waals surface area (Å²) in [6, 6.07) is 12.5. The summed E-state index contributed by atoms with van der Waals surface area (Å²) in [4.78, 5) is 40.2. The lowest BCUT2D eigenvalue weighted by atomic mass is 10.1. The highest BCUT2D eigenvalue weighted by Gasteiger charge is 2.40. The number of rotatable bonds is 11. The van der Waals surface area contributed by atoms with E-state index >= 15 is 0 Å². The number of ether oxygens (including phenoxy) is 1. The van der Waals surface area contributed by atoms with Crippen molar-refractivity contribution in [1.82, 2.24) is 14.5 Å². The molecule has 9 nitrogen and oxygen atoms in total. The van der Waals surface area contributed by atoms with Gasteiger partial charge in [0.15, 0.2) is 0 Å². The molecule has 0 saturated carbocycles. The third-order valence-corrected chi connectivity index (χ3v) is 8.16. The van der Waals surface area contributed by atoms with Gasteiger partial charge in [-0.2, -0.15) is 0 Å². The number of benzene rings is 2. The number of amides is 3. The largest absolute Gasteiger partial charge is 0.497 e. The molecule has 2 aromatic rings. The van der Waals surface area contributed by atoms with Gasteiger partial charge in [0.05, 0.1) is 12.7 Å². The first kappa shape index (κ1) is 27.2. The van der Waals surface area contributed by atoms with Gasteiger partial charge < -0.3 is 15.0 Å². The molecule has 1 heterocycles. The summed E-state index contributed by atoms with van der Waals surface area (Å²) in [7, 11) is -2.38. The lowest BCUT2D eigenvalue weighted by molar-refractivity contribution is -0.141. The van der Waals surface area contributed by atoms with Crippen LogP contribution >= 0.6 is 0 Å². The Hall–Kier alpha value is -3.40. The van der Waals surface area contributed by atoms with Gasteiger partial charge in [0, 0.05) is 25.6 Å². The standard InChI is InChI=1S/C26H33N3O6S/c1-5-18(2)27-25(31)19(3)28(17-20-10-8-11-21(16-20)35-4)24(30)14-9-15-29-26(32)22-12-6-7-13-23(22)36(29,33)34/h6-8,10-13,16,18-19H,5,9,14-15,17H2,1-4H3,(H,27,31)/t18-,19-/m1/s1. The summed E-state index contributed by atoms with van der Waals surface area (Å²) in [6.07, 6.45) is 0.857. The Morgan fingerprint density at radius 1 is 1.11 bits per heavy atom. The molecule has 0 saturated heterocycles. The van der Waals surface area contributed by atoms with E-state index in [1.54, 1.807) is 38.3 Å². The van der Waals surface area contributed by atoms with Gasteiger partial charge in [0.25, 0.3) is 15.9 Å². The van der Waals surface area contributed by atoms with Crippen molar-refractivity contribution in [3.8, 4) is 5.75 Å². The number of hydrogen-bond acceptors (Lipinski definition) is 6. The molecule has 0 fully saturated rings. The van der Waals surface area contributed by atoms with Crippen LogP contribution in [-0.4, -0.2) is 61.1 Å². The average Bonchev–Trinajstić information content (AvgIpc) is 3.07. The van der Waals surface area contributed by atoms with Crippen LogP contribution in [-0.2, 0) is 26.2 Å². The molecule has 2 aromatic carbocycles. The second-order valence-corrected chi connectivity index (χ2v) is 10.7. The fourth-order valence-electron chi connectivity index (χ4n) is 3.99. The highest BCUT2D eigenvalue weighted by atomic mass is 32.2. The summed E-state index contributed by atoms with van der Waals surface area (Å²) in [5.41, 5.74) is 0.928. The maximum absolute atomic E-state index is 13.3. The molecule has 0 radical (unpaired) electrons. The number of nitrogens with zero attached hydrogens (tertiary/aromatic N) is 2. The van der Waals surface area contributed by atoms with Gasteiger partial charge in [-0.3, -0.25) is 14.4 Å². The molecule has 0 aromatic heterocycles. The molecule has 0 unspecified atom stereocenters. The van der Waals surface area contributed by atoms with Crippen LogP contribution in [0, 0.1) is 0 Å². The molecule has 1 aliphatic heterocycles. The molecule has 0 bridgehead atoms. The Labute approximate surface area is 212 Å². The number of sulfonamides is 1. The zero-order chi connectivity index (χ0) is 26.5. The minimum atomic E-state index is -3.94. The number of carbonyl (C=O) groups is 3. The smallest absolute Gasteiger partial charge is 0.269 e. The van der Waals surface area contributed by atoms with E-state index in [0.717, 1.165) is 16.3 Å². The van der Waals surface area contributed by atoms with Gasteiger partial charge in [-0.1, -0.05) is 31.2 Å². The van der Waals surface area contributed by atoms with Crippen LogP contribution in [0.3, 0.4) is 0 Å². The predicted molar refractivity (Wildman–Crippen MR) is 135 cm³/mol. The first-order valence-corrected chi connectivity index (χ1v) is 13.4. The normalized spacial score (nSPS) is 15.7. The fourth-order valence-corrected chi connectivity index (χ4v) is 5.59. The number of nitrogens with one attached hydrogen (secondary N) is 1. The van der Waals surface area contributed by atoms with Crippen molar-refractivity contribution < 1.29 is 27.5 Å². The molecule has 194 valence electrons. The zero-order valence-electron chi connectivity index (χ0n) is 21.1. The third-order valence-electron chi connectivity index (χ3n) is 6.32. The number of fused-ring (bicyclic) bond motifs is 1. The quantitative estimate of drug-likeness (QED) is 0.492. The van der Waals surface area contributed by atoms with E-state index in [1.807, 2.05) is 26.0 Å². The van der Waals surface area contributed by atoms with E-state index in [0.29, 0.717) is 5.75 Å². The maximum Gasteiger partial charge on any atom is 0.269 e. The summed E-state index contributed by atoms with van der Waals surface area (Å²) >= 11 is 0. The Kier molecular flexibility index (Phi) is 8.73. The second-order valence-electron chi connectivity index (χ2n) is 8.85. The third kappa shape index (κ3) is 5.87. The minimum absolute atomic E-state index is 0.0173. The number of carbonyl (C=O) groups excluding carboxylic acids is 3.